The first-order valence-corrected chi connectivity index (χ1v) is 4.58. The summed E-state index contributed by atoms with van der Waals surface area (Å²) in [5.41, 5.74) is 1.33. The number of nitrogens with one attached hydrogen (secondary N) is 3. The van der Waals surface area contributed by atoms with Crippen molar-refractivity contribution in [2.24, 2.45) is 0 Å². The number of aromatic amines is 1. The average Bonchev–Trinajstić information content (AvgIpc) is 2.73. The van der Waals surface area contributed by atoms with E-state index < -0.39 is 0 Å². The van der Waals surface area contributed by atoms with Gasteiger partial charge in [-0.25, -0.2) is 4.98 Å². The smallest absolute Gasteiger partial charge is 0.226 e. The van der Waals surface area contributed by atoms with Gasteiger partial charge in [0.05, 0.1) is 12.9 Å². The second-order valence-corrected chi connectivity index (χ2v) is 2.90. The molecule has 0 saturated heterocycles. The number of aromatic nitrogens is 4. The Balaban J connectivity index is 2.43. The zero-order chi connectivity index (χ0) is 10.7. The van der Waals surface area contributed by atoms with Gasteiger partial charge in [-0.2, -0.15) is 9.97 Å². The summed E-state index contributed by atoms with van der Waals surface area (Å²) in [7, 11) is 1.74. The zero-order valence-electron chi connectivity index (χ0n) is 8.28. The van der Waals surface area contributed by atoms with Gasteiger partial charge in [-0.3, -0.25) is 0 Å². The van der Waals surface area contributed by atoms with Crippen LogP contribution in [0.5, 0.6) is 0 Å². The van der Waals surface area contributed by atoms with E-state index in [1.54, 1.807) is 13.4 Å². The van der Waals surface area contributed by atoms with Crippen LogP contribution in [0, 0.1) is 0 Å². The van der Waals surface area contributed by atoms with Crippen molar-refractivity contribution < 1.29 is 5.11 Å². The molecule has 0 fully saturated rings. The van der Waals surface area contributed by atoms with E-state index >= 15 is 0 Å². The van der Waals surface area contributed by atoms with Gasteiger partial charge >= 0.3 is 0 Å². The fourth-order valence-corrected chi connectivity index (χ4v) is 1.25. The third kappa shape index (κ3) is 1.82. The molecule has 0 bridgehead atoms. The van der Waals surface area contributed by atoms with Crippen LogP contribution in [0.25, 0.3) is 11.2 Å². The monoisotopic (exact) mass is 208 g/mol. The normalized spacial score (nSPS) is 10.5. The minimum atomic E-state index is 0.0501. The highest BCUT2D eigenvalue weighted by molar-refractivity contribution is 5.83. The Bertz CT molecular complexity index is 453. The van der Waals surface area contributed by atoms with Crippen molar-refractivity contribution in [1.29, 1.82) is 0 Å². The van der Waals surface area contributed by atoms with E-state index in [4.69, 9.17) is 5.11 Å². The summed E-state index contributed by atoms with van der Waals surface area (Å²) in [6, 6.07) is 0. The summed E-state index contributed by atoms with van der Waals surface area (Å²) in [4.78, 5) is 15.4. The van der Waals surface area contributed by atoms with Crippen LogP contribution in [0.3, 0.4) is 0 Å². The molecule has 2 heterocycles. The second kappa shape index (κ2) is 4.09. The molecule has 0 unspecified atom stereocenters. The molecule has 0 atom stereocenters. The summed E-state index contributed by atoms with van der Waals surface area (Å²) < 4.78 is 0. The van der Waals surface area contributed by atoms with E-state index in [0.29, 0.717) is 24.0 Å². The highest BCUT2D eigenvalue weighted by Gasteiger charge is 2.07. The van der Waals surface area contributed by atoms with Crippen LogP contribution in [-0.4, -0.2) is 45.2 Å². The number of imidazole rings is 1. The minimum absolute atomic E-state index is 0.0501. The third-order valence-corrected chi connectivity index (χ3v) is 1.91. The maximum absolute atomic E-state index is 8.73. The molecule has 0 aliphatic heterocycles. The molecule has 2 aromatic heterocycles. The lowest BCUT2D eigenvalue weighted by atomic mass is 10.5. The van der Waals surface area contributed by atoms with Crippen LogP contribution in [0.15, 0.2) is 6.33 Å². The van der Waals surface area contributed by atoms with E-state index in [0.717, 1.165) is 5.52 Å². The summed E-state index contributed by atoms with van der Waals surface area (Å²) in [6.45, 7) is 0.489. The van der Waals surface area contributed by atoms with Crippen molar-refractivity contribution in [3.05, 3.63) is 6.33 Å². The number of aliphatic hydroxyl groups is 1. The van der Waals surface area contributed by atoms with Crippen LogP contribution in [-0.2, 0) is 0 Å². The molecule has 2 rings (SSSR count). The molecule has 80 valence electrons. The van der Waals surface area contributed by atoms with E-state index in [-0.39, 0.29) is 6.61 Å². The topological polar surface area (TPSA) is 98.8 Å². The van der Waals surface area contributed by atoms with Gasteiger partial charge in [-0.05, 0) is 0 Å². The fourth-order valence-electron chi connectivity index (χ4n) is 1.25. The van der Waals surface area contributed by atoms with E-state index in [1.807, 2.05) is 0 Å². The SMILES string of the molecule is CNc1nc(NCCO)c2[nH]cnc2n1. The van der Waals surface area contributed by atoms with Crippen LogP contribution in [0.1, 0.15) is 0 Å². The Morgan fingerprint density at radius 3 is 3.07 bits per heavy atom. The molecule has 4 N–H and O–H groups in total. The van der Waals surface area contributed by atoms with Gasteiger partial charge in [-0.15, -0.1) is 0 Å². The molecule has 0 aliphatic carbocycles. The molecule has 0 radical (unpaired) electrons. The van der Waals surface area contributed by atoms with Gasteiger partial charge in [0.1, 0.15) is 5.52 Å². The van der Waals surface area contributed by atoms with Crippen molar-refractivity contribution >= 4 is 22.9 Å². The maximum Gasteiger partial charge on any atom is 0.226 e. The van der Waals surface area contributed by atoms with Gasteiger partial charge in [-0.1, -0.05) is 0 Å². The fraction of sp³-hybridized carbons (Fsp3) is 0.375. The highest BCUT2D eigenvalue weighted by atomic mass is 16.3. The van der Waals surface area contributed by atoms with Crippen molar-refractivity contribution in [1.82, 2.24) is 19.9 Å². The Morgan fingerprint density at radius 1 is 1.47 bits per heavy atom. The largest absolute Gasteiger partial charge is 0.395 e. The third-order valence-electron chi connectivity index (χ3n) is 1.91. The summed E-state index contributed by atoms with van der Waals surface area (Å²) >= 11 is 0. The Hall–Kier alpha value is -1.89. The Kier molecular flexibility index (Phi) is 2.64. The molecule has 0 aliphatic rings. The van der Waals surface area contributed by atoms with Crippen LogP contribution in [0.4, 0.5) is 11.8 Å². The maximum atomic E-state index is 8.73. The molecule has 0 spiro atoms. The number of hydrogen-bond donors (Lipinski definition) is 4. The number of rotatable bonds is 4. The van der Waals surface area contributed by atoms with Gasteiger partial charge in [0.2, 0.25) is 5.95 Å². The lowest BCUT2D eigenvalue weighted by Crippen LogP contribution is -2.09. The molecule has 15 heavy (non-hydrogen) atoms. The predicted molar refractivity (Wildman–Crippen MR) is 56.8 cm³/mol. The van der Waals surface area contributed by atoms with Crippen molar-refractivity contribution in [2.75, 3.05) is 30.8 Å². The lowest BCUT2D eigenvalue weighted by molar-refractivity contribution is 0.311. The summed E-state index contributed by atoms with van der Waals surface area (Å²) in [5, 5.41) is 14.6. The lowest BCUT2D eigenvalue weighted by Gasteiger charge is -2.06. The van der Waals surface area contributed by atoms with Gasteiger partial charge in [0.25, 0.3) is 0 Å². The van der Waals surface area contributed by atoms with E-state index in [9.17, 15) is 0 Å². The number of fused-ring (bicyclic) bond motifs is 1. The minimum Gasteiger partial charge on any atom is -0.395 e. The Morgan fingerprint density at radius 2 is 2.33 bits per heavy atom. The summed E-state index contributed by atoms with van der Waals surface area (Å²) in [6.07, 6.45) is 1.56. The second-order valence-electron chi connectivity index (χ2n) is 2.90. The number of anilines is 2. The van der Waals surface area contributed by atoms with Gasteiger partial charge in [0, 0.05) is 13.6 Å². The molecular formula is C8H12N6O. The first kappa shape index (κ1) is 9.66. The molecule has 7 heteroatoms. The van der Waals surface area contributed by atoms with Crippen molar-refractivity contribution in [2.45, 2.75) is 0 Å². The first-order valence-electron chi connectivity index (χ1n) is 4.58. The number of nitrogens with zero attached hydrogens (tertiary/aromatic N) is 3. The first-order chi connectivity index (χ1) is 7.35. The van der Waals surface area contributed by atoms with Gasteiger partial charge < -0.3 is 20.7 Å². The molecular weight excluding hydrogens is 196 g/mol. The van der Waals surface area contributed by atoms with Crippen molar-refractivity contribution in [3.63, 3.8) is 0 Å². The quantitative estimate of drug-likeness (QED) is 0.555. The average molecular weight is 208 g/mol. The number of hydrogen-bond acceptors (Lipinski definition) is 6. The van der Waals surface area contributed by atoms with E-state index in [1.165, 1.54) is 0 Å². The Labute approximate surface area is 86.0 Å². The zero-order valence-corrected chi connectivity index (χ0v) is 8.28. The van der Waals surface area contributed by atoms with E-state index in [2.05, 4.69) is 30.6 Å². The van der Waals surface area contributed by atoms with Crippen LogP contribution in [0.2, 0.25) is 0 Å². The number of H-pyrrole nitrogens is 1. The molecule has 7 nitrogen and oxygen atoms in total. The van der Waals surface area contributed by atoms with Gasteiger partial charge in [0.15, 0.2) is 11.5 Å². The standard InChI is InChI=1S/C8H12N6O/c1-9-8-13-6(10-2-3-15)5-7(14-8)12-4-11-5/h4,15H,2-3H2,1H3,(H3,9,10,11,12,13,14). The molecule has 0 amide bonds. The molecule has 0 aromatic carbocycles. The predicted octanol–water partition coefficient (Wildman–Crippen LogP) is -0.201. The number of aliphatic hydroxyl groups excluding tert-OH is 1. The van der Waals surface area contributed by atoms with Crippen molar-refractivity contribution in [3.8, 4) is 0 Å². The van der Waals surface area contributed by atoms with Crippen LogP contribution < -0.4 is 10.6 Å². The molecule has 0 saturated carbocycles. The highest BCUT2D eigenvalue weighted by Crippen LogP contribution is 2.17. The molecule has 2 aromatic rings. The summed E-state index contributed by atoms with van der Waals surface area (Å²) in [5.74, 6) is 1.13. The van der Waals surface area contributed by atoms with Crippen LogP contribution >= 0.6 is 0 Å².